The van der Waals surface area contributed by atoms with E-state index in [1.54, 1.807) is 0 Å². The molecule has 0 bridgehead atoms. The van der Waals surface area contributed by atoms with E-state index in [0.29, 0.717) is 5.41 Å². The Morgan fingerprint density at radius 1 is 1.25 bits per heavy atom. The van der Waals surface area contributed by atoms with Gasteiger partial charge in [0.2, 0.25) is 0 Å². The quantitative estimate of drug-likeness (QED) is 0.676. The van der Waals surface area contributed by atoms with E-state index in [9.17, 15) is 0 Å². The molecule has 2 aliphatic heterocycles. The zero-order valence-electron chi connectivity index (χ0n) is 15.2. The van der Waals surface area contributed by atoms with Crippen LogP contribution in [0.15, 0.2) is 29.3 Å². The third-order valence-electron chi connectivity index (χ3n) is 5.11. The number of ether oxygens (including phenoxy) is 1. The van der Waals surface area contributed by atoms with Crippen molar-refractivity contribution >= 4 is 5.96 Å². The van der Waals surface area contributed by atoms with Crippen molar-refractivity contribution in [1.82, 2.24) is 15.1 Å². The van der Waals surface area contributed by atoms with Crippen molar-refractivity contribution in [2.24, 2.45) is 10.4 Å². The largest absolute Gasteiger partial charge is 0.381 e. The van der Waals surface area contributed by atoms with Crippen molar-refractivity contribution in [3.63, 3.8) is 0 Å². The second-order valence-corrected chi connectivity index (χ2v) is 7.43. The predicted octanol–water partition coefficient (Wildman–Crippen LogP) is 1.94. The van der Waals surface area contributed by atoms with Crippen LogP contribution >= 0.6 is 0 Å². The van der Waals surface area contributed by atoms with Gasteiger partial charge in [-0.05, 0) is 38.1 Å². The molecular weight excluding hydrogens is 300 g/mol. The van der Waals surface area contributed by atoms with E-state index in [2.05, 4.69) is 58.5 Å². The number of rotatable bonds is 4. The molecule has 0 radical (unpaired) electrons. The second-order valence-electron chi connectivity index (χ2n) is 7.43. The molecule has 0 aromatic heterocycles. The third-order valence-corrected chi connectivity index (χ3v) is 5.11. The van der Waals surface area contributed by atoms with Gasteiger partial charge in [-0.2, -0.15) is 0 Å². The standard InChI is InChI=1S/C19H30N4O/c1-20-18(23-10-8-19(14-23)9-11-24-15-19)21-12-16-4-6-17(7-5-16)13-22(2)3/h4-7H,8-15H2,1-3H3,(H,20,21). The van der Waals surface area contributed by atoms with Crippen molar-refractivity contribution in [2.75, 3.05) is 47.4 Å². The summed E-state index contributed by atoms with van der Waals surface area (Å²) < 4.78 is 5.62. The van der Waals surface area contributed by atoms with Crippen LogP contribution in [0.1, 0.15) is 24.0 Å². The van der Waals surface area contributed by atoms with Crippen LogP contribution in [0, 0.1) is 5.41 Å². The molecule has 5 heteroatoms. The average molecular weight is 330 g/mol. The lowest BCUT2D eigenvalue weighted by atomic mass is 9.87. The Morgan fingerprint density at radius 3 is 2.62 bits per heavy atom. The number of aliphatic imine (C=N–C) groups is 1. The molecule has 0 amide bonds. The number of hydrogen-bond acceptors (Lipinski definition) is 3. The van der Waals surface area contributed by atoms with Gasteiger partial charge in [-0.1, -0.05) is 24.3 Å². The number of benzene rings is 1. The Balaban J connectivity index is 1.53. The lowest BCUT2D eigenvalue weighted by Gasteiger charge is -2.25. The number of guanidine groups is 1. The summed E-state index contributed by atoms with van der Waals surface area (Å²) in [5.41, 5.74) is 3.00. The molecule has 0 saturated carbocycles. The monoisotopic (exact) mass is 330 g/mol. The lowest BCUT2D eigenvalue weighted by Crippen LogP contribution is -2.41. The Kier molecular flexibility index (Phi) is 5.41. The second kappa shape index (κ2) is 7.53. The first-order valence-electron chi connectivity index (χ1n) is 8.86. The van der Waals surface area contributed by atoms with E-state index in [-0.39, 0.29) is 0 Å². The van der Waals surface area contributed by atoms with Crippen molar-refractivity contribution in [3.05, 3.63) is 35.4 Å². The van der Waals surface area contributed by atoms with E-state index in [1.807, 2.05) is 7.05 Å². The van der Waals surface area contributed by atoms with Gasteiger partial charge in [0.1, 0.15) is 0 Å². The zero-order chi connectivity index (χ0) is 17.0. The molecule has 132 valence electrons. The Hall–Kier alpha value is -1.59. The smallest absolute Gasteiger partial charge is 0.193 e. The van der Waals surface area contributed by atoms with Gasteiger partial charge in [0.25, 0.3) is 0 Å². The highest BCUT2D eigenvalue weighted by Gasteiger charge is 2.42. The van der Waals surface area contributed by atoms with E-state index in [4.69, 9.17) is 4.74 Å². The molecule has 3 rings (SSSR count). The molecule has 2 aliphatic rings. The molecule has 1 aromatic rings. The summed E-state index contributed by atoms with van der Waals surface area (Å²) >= 11 is 0. The van der Waals surface area contributed by atoms with Crippen molar-refractivity contribution in [1.29, 1.82) is 0 Å². The number of nitrogens with one attached hydrogen (secondary N) is 1. The fraction of sp³-hybridized carbons (Fsp3) is 0.632. The van der Waals surface area contributed by atoms with Gasteiger partial charge in [-0.15, -0.1) is 0 Å². The summed E-state index contributed by atoms with van der Waals surface area (Å²) in [7, 11) is 6.06. The van der Waals surface area contributed by atoms with Crippen LogP contribution in [0.25, 0.3) is 0 Å². The average Bonchev–Trinajstić information content (AvgIpc) is 3.20. The normalized spacial score (nSPS) is 24.3. The van der Waals surface area contributed by atoms with Crippen molar-refractivity contribution in [3.8, 4) is 0 Å². The molecular formula is C19H30N4O. The molecule has 5 nitrogen and oxygen atoms in total. The zero-order valence-corrected chi connectivity index (χ0v) is 15.2. The molecule has 0 aliphatic carbocycles. The summed E-state index contributed by atoms with van der Waals surface area (Å²) in [5.74, 6) is 1.01. The van der Waals surface area contributed by atoms with Crippen LogP contribution in [0.2, 0.25) is 0 Å². The highest BCUT2D eigenvalue weighted by molar-refractivity contribution is 5.80. The molecule has 1 spiro atoms. The van der Waals surface area contributed by atoms with Gasteiger partial charge < -0.3 is 19.9 Å². The van der Waals surface area contributed by atoms with Gasteiger partial charge in [0.15, 0.2) is 5.96 Å². The van der Waals surface area contributed by atoms with Crippen molar-refractivity contribution in [2.45, 2.75) is 25.9 Å². The molecule has 1 unspecified atom stereocenters. The maximum Gasteiger partial charge on any atom is 0.193 e. The first-order chi connectivity index (χ1) is 11.6. The van der Waals surface area contributed by atoms with E-state index < -0.39 is 0 Å². The SMILES string of the molecule is CN=C(NCc1ccc(CN(C)C)cc1)N1CCC2(CCOC2)C1. The van der Waals surface area contributed by atoms with Crippen LogP contribution in [-0.4, -0.2) is 63.2 Å². The van der Waals surface area contributed by atoms with Gasteiger partial charge in [-0.3, -0.25) is 4.99 Å². The maximum absolute atomic E-state index is 5.62. The first kappa shape index (κ1) is 17.2. The summed E-state index contributed by atoms with van der Waals surface area (Å²) in [6.07, 6.45) is 2.40. The highest BCUT2D eigenvalue weighted by Crippen LogP contribution is 2.38. The summed E-state index contributed by atoms with van der Waals surface area (Å²) in [6.45, 7) is 5.76. The van der Waals surface area contributed by atoms with E-state index in [0.717, 1.165) is 45.4 Å². The Labute approximate surface area is 145 Å². The molecule has 1 aromatic carbocycles. The maximum atomic E-state index is 5.62. The van der Waals surface area contributed by atoms with Gasteiger partial charge in [0.05, 0.1) is 6.61 Å². The van der Waals surface area contributed by atoms with E-state index >= 15 is 0 Å². The predicted molar refractivity (Wildman–Crippen MR) is 98.1 cm³/mol. The minimum absolute atomic E-state index is 0.367. The number of likely N-dealkylation sites (tertiary alicyclic amines) is 1. The summed E-state index contributed by atoms with van der Waals surface area (Å²) in [4.78, 5) is 9.05. The van der Waals surface area contributed by atoms with Crippen molar-refractivity contribution < 1.29 is 4.74 Å². The van der Waals surface area contributed by atoms with Gasteiger partial charge in [-0.25, -0.2) is 0 Å². The van der Waals surface area contributed by atoms with Crippen LogP contribution < -0.4 is 5.32 Å². The molecule has 2 saturated heterocycles. The Morgan fingerprint density at radius 2 is 2.00 bits per heavy atom. The minimum atomic E-state index is 0.367. The highest BCUT2D eigenvalue weighted by atomic mass is 16.5. The Bertz CT molecular complexity index is 561. The molecule has 2 heterocycles. The molecule has 1 N–H and O–H groups in total. The van der Waals surface area contributed by atoms with Crippen LogP contribution in [0.4, 0.5) is 0 Å². The van der Waals surface area contributed by atoms with Gasteiger partial charge in [0, 0.05) is 45.2 Å². The summed E-state index contributed by atoms with van der Waals surface area (Å²) in [5, 5.41) is 3.52. The third kappa shape index (κ3) is 4.08. The topological polar surface area (TPSA) is 40.1 Å². The van der Waals surface area contributed by atoms with E-state index in [1.165, 1.54) is 24.0 Å². The fourth-order valence-corrected chi connectivity index (χ4v) is 3.73. The van der Waals surface area contributed by atoms with Crippen LogP contribution in [0.5, 0.6) is 0 Å². The van der Waals surface area contributed by atoms with Gasteiger partial charge >= 0.3 is 0 Å². The lowest BCUT2D eigenvalue weighted by molar-refractivity contribution is 0.156. The molecule has 1 atom stereocenters. The van der Waals surface area contributed by atoms with Crippen LogP contribution in [0.3, 0.4) is 0 Å². The van der Waals surface area contributed by atoms with Crippen LogP contribution in [-0.2, 0) is 17.8 Å². The fourth-order valence-electron chi connectivity index (χ4n) is 3.73. The number of hydrogen-bond donors (Lipinski definition) is 1. The number of nitrogens with zero attached hydrogens (tertiary/aromatic N) is 3. The molecule has 24 heavy (non-hydrogen) atoms. The summed E-state index contributed by atoms with van der Waals surface area (Å²) in [6, 6.07) is 8.83. The first-order valence-corrected chi connectivity index (χ1v) is 8.86. The molecule has 2 fully saturated rings. The minimum Gasteiger partial charge on any atom is -0.381 e.